The number of alkyl halides is 3. The second-order valence-corrected chi connectivity index (χ2v) is 4.93. The fourth-order valence-electron chi connectivity index (χ4n) is 2.47. The zero-order chi connectivity index (χ0) is 15.6. The monoisotopic (exact) mass is 301 g/mol. The number of Topliss-reactive ketones (excluding diaryl/α,β-unsaturated/α-hetero) is 1. The van der Waals surface area contributed by atoms with E-state index in [2.05, 4.69) is 0 Å². The number of benzene rings is 1. The van der Waals surface area contributed by atoms with Crippen LogP contribution in [0.3, 0.4) is 0 Å². The number of halogens is 3. The molecule has 1 heterocycles. The maximum absolute atomic E-state index is 12.7. The van der Waals surface area contributed by atoms with Crippen LogP contribution in [-0.2, 0) is 6.18 Å². The van der Waals surface area contributed by atoms with Crippen LogP contribution in [0.1, 0.15) is 35.2 Å². The molecule has 2 rings (SSSR count). The van der Waals surface area contributed by atoms with Crippen molar-refractivity contribution in [2.45, 2.75) is 31.5 Å². The molecule has 1 amide bonds. The highest BCUT2D eigenvalue weighted by molar-refractivity contribution is 6.01. The number of likely N-dealkylation sites (tertiary alicyclic amines) is 1. The summed E-state index contributed by atoms with van der Waals surface area (Å²) in [7, 11) is 0. The van der Waals surface area contributed by atoms with Gasteiger partial charge < -0.3 is 5.11 Å². The maximum Gasteiger partial charge on any atom is 0.416 e. The lowest BCUT2D eigenvalue weighted by Crippen LogP contribution is -2.47. The number of carboxylic acid groups (broad SMARTS) is 1. The molecule has 0 saturated carbocycles. The third-order valence-electron chi connectivity index (χ3n) is 3.53. The van der Waals surface area contributed by atoms with E-state index in [-0.39, 0.29) is 12.1 Å². The molecule has 1 aromatic carbocycles. The van der Waals surface area contributed by atoms with Gasteiger partial charge in [0.2, 0.25) is 0 Å². The average molecular weight is 301 g/mol. The van der Waals surface area contributed by atoms with Crippen molar-refractivity contribution in [1.29, 1.82) is 0 Å². The largest absolute Gasteiger partial charge is 0.465 e. The number of rotatable bonds is 2. The summed E-state index contributed by atoms with van der Waals surface area (Å²) in [6, 6.07) is 3.19. The smallest absolute Gasteiger partial charge is 0.416 e. The number of carbonyl (C=O) groups is 2. The summed E-state index contributed by atoms with van der Waals surface area (Å²) >= 11 is 0. The Morgan fingerprint density at radius 1 is 1.24 bits per heavy atom. The minimum atomic E-state index is -4.53. The number of ketones is 1. The summed E-state index contributed by atoms with van der Waals surface area (Å²) in [6.07, 6.45) is -4.09. The Balaban J connectivity index is 2.28. The van der Waals surface area contributed by atoms with E-state index in [1.165, 1.54) is 6.07 Å². The third kappa shape index (κ3) is 3.34. The highest BCUT2D eigenvalue weighted by Crippen LogP contribution is 2.30. The molecular weight excluding hydrogens is 287 g/mol. The summed E-state index contributed by atoms with van der Waals surface area (Å²) in [5.74, 6) is -0.580. The summed E-state index contributed by atoms with van der Waals surface area (Å²) in [6.45, 7) is 0.227. The van der Waals surface area contributed by atoms with E-state index >= 15 is 0 Å². The van der Waals surface area contributed by atoms with Crippen LogP contribution in [0, 0.1) is 0 Å². The van der Waals surface area contributed by atoms with Gasteiger partial charge in [-0.25, -0.2) is 4.79 Å². The minimum absolute atomic E-state index is 0.108. The van der Waals surface area contributed by atoms with Crippen molar-refractivity contribution < 1.29 is 27.9 Å². The highest BCUT2D eigenvalue weighted by atomic mass is 19.4. The lowest BCUT2D eigenvalue weighted by atomic mass is 9.94. The van der Waals surface area contributed by atoms with Gasteiger partial charge in [0.15, 0.2) is 5.78 Å². The molecule has 4 nitrogen and oxygen atoms in total. The molecular formula is C14H14F3NO3. The van der Waals surface area contributed by atoms with Crippen LogP contribution in [0.25, 0.3) is 0 Å². The van der Waals surface area contributed by atoms with E-state index in [9.17, 15) is 22.8 Å². The van der Waals surface area contributed by atoms with E-state index in [0.717, 1.165) is 23.1 Å². The van der Waals surface area contributed by atoms with Gasteiger partial charge in [-0.3, -0.25) is 9.69 Å². The Hall–Kier alpha value is -2.05. The van der Waals surface area contributed by atoms with Crippen LogP contribution in [0.2, 0.25) is 0 Å². The molecule has 7 heteroatoms. The predicted octanol–water partition coefficient (Wildman–Crippen LogP) is 3.42. The Morgan fingerprint density at radius 3 is 2.57 bits per heavy atom. The Bertz CT molecular complexity index is 557. The molecule has 1 aliphatic heterocycles. The Morgan fingerprint density at radius 2 is 1.95 bits per heavy atom. The van der Waals surface area contributed by atoms with Crippen molar-refractivity contribution in [2.24, 2.45) is 0 Å². The van der Waals surface area contributed by atoms with Crippen LogP contribution in [0.15, 0.2) is 24.3 Å². The SMILES string of the molecule is O=C(c1cccc(C(F)(F)F)c1)[C@@H]1CCCCN1C(=O)O. The molecule has 0 unspecified atom stereocenters. The molecule has 1 aromatic rings. The van der Waals surface area contributed by atoms with Gasteiger partial charge in [0.25, 0.3) is 0 Å². The molecule has 0 radical (unpaired) electrons. The summed E-state index contributed by atoms with van der Waals surface area (Å²) in [5, 5.41) is 9.08. The summed E-state index contributed by atoms with van der Waals surface area (Å²) in [5.41, 5.74) is -1.02. The molecule has 1 saturated heterocycles. The minimum Gasteiger partial charge on any atom is -0.465 e. The first-order chi connectivity index (χ1) is 9.80. The predicted molar refractivity (Wildman–Crippen MR) is 68.1 cm³/mol. The van der Waals surface area contributed by atoms with Crippen molar-refractivity contribution in [3.63, 3.8) is 0 Å². The third-order valence-corrected chi connectivity index (χ3v) is 3.53. The van der Waals surface area contributed by atoms with Crippen LogP contribution in [0.4, 0.5) is 18.0 Å². The van der Waals surface area contributed by atoms with E-state index in [1.807, 2.05) is 0 Å². The average Bonchev–Trinajstić information content (AvgIpc) is 2.45. The van der Waals surface area contributed by atoms with Crippen molar-refractivity contribution in [3.8, 4) is 0 Å². The zero-order valence-electron chi connectivity index (χ0n) is 11.1. The van der Waals surface area contributed by atoms with Gasteiger partial charge in [0.05, 0.1) is 11.6 Å². The molecule has 21 heavy (non-hydrogen) atoms. The van der Waals surface area contributed by atoms with Crippen molar-refractivity contribution in [2.75, 3.05) is 6.54 Å². The fraction of sp³-hybridized carbons (Fsp3) is 0.429. The van der Waals surface area contributed by atoms with E-state index < -0.39 is 29.7 Å². The summed E-state index contributed by atoms with van der Waals surface area (Å²) < 4.78 is 38.0. The van der Waals surface area contributed by atoms with Crippen LogP contribution in [0.5, 0.6) is 0 Å². The molecule has 1 aliphatic rings. The van der Waals surface area contributed by atoms with Crippen molar-refractivity contribution >= 4 is 11.9 Å². The number of carbonyl (C=O) groups excluding carboxylic acids is 1. The first-order valence-electron chi connectivity index (χ1n) is 6.52. The lowest BCUT2D eigenvalue weighted by Gasteiger charge is -2.32. The van der Waals surface area contributed by atoms with Crippen molar-refractivity contribution in [1.82, 2.24) is 4.90 Å². The second-order valence-electron chi connectivity index (χ2n) is 4.93. The van der Waals surface area contributed by atoms with Crippen LogP contribution >= 0.6 is 0 Å². The quantitative estimate of drug-likeness (QED) is 0.851. The molecule has 1 fully saturated rings. The van der Waals surface area contributed by atoms with Gasteiger partial charge in [-0.05, 0) is 31.4 Å². The summed E-state index contributed by atoms with van der Waals surface area (Å²) in [4.78, 5) is 24.4. The van der Waals surface area contributed by atoms with Gasteiger partial charge in [0, 0.05) is 12.1 Å². The lowest BCUT2D eigenvalue weighted by molar-refractivity contribution is -0.137. The first kappa shape index (κ1) is 15.3. The molecule has 1 N–H and O–H groups in total. The fourth-order valence-corrected chi connectivity index (χ4v) is 2.47. The standard InChI is InChI=1S/C14H14F3NO3/c15-14(16,17)10-5-3-4-9(8-10)12(19)11-6-1-2-7-18(11)13(20)21/h3-5,8,11H,1-2,6-7H2,(H,20,21)/t11-/m0/s1. The van der Waals surface area contributed by atoms with E-state index in [1.54, 1.807) is 0 Å². The normalized spacial score (nSPS) is 19.4. The maximum atomic E-state index is 12.7. The second kappa shape index (κ2) is 5.75. The van der Waals surface area contributed by atoms with Gasteiger partial charge in [-0.1, -0.05) is 12.1 Å². The van der Waals surface area contributed by atoms with Crippen LogP contribution < -0.4 is 0 Å². The van der Waals surface area contributed by atoms with Gasteiger partial charge in [-0.2, -0.15) is 13.2 Å². The van der Waals surface area contributed by atoms with E-state index in [4.69, 9.17) is 5.11 Å². The molecule has 1 atom stereocenters. The molecule has 0 bridgehead atoms. The molecule has 0 spiro atoms. The number of piperidine rings is 1. The number of amides is 1. The Labute approximate surface area is 119 Å². The van der Waals surface area contributed by atoms with Gasteiger partial charge >= 0.3 is 12.3 Å². The topological polar surface area (TPSA) is 57.6 Å². The zero-order valence-corrected chi connectivity index (χ0v) is 11.1. The number of nitrogens with zero attached hydrogens (tertiary/aromatic N) is 1. The first-order valence-corrected chi connectivity index (χ1v) is 6.52. The molecule has 114 valence electrons. The highest BCUT2D eigenvalue weighted by Gasteiger charge is 2.35. The van der Waals surface area contributed by atoms with Gasteiger partial charge in [0.1, 0.15) is 0 Å². The molecule has 0 aromatic heterocycles. The van der Waals surface area contributed by atoms with Gasteiger partial charge in [-0.15, -0.1) is 0 Å². The number of hydrogen-bond acceptors (Lipinski definition) is 2. The van der Waals surface area contributed by atoms with E-state index in [0.29, 0.717) is 19.3 Å². The van der Waals surface area contributed by atoms with Crippen LogP contribution in [-0.4, -0.2) is 34.5 Å². The van der Waals surface area contributed by atoms with Crippen molar-refractivity contribution in [3.05, 3.63) is 35.4 Å². The Kier molecular flexibility index (Phi) is 4.20. The molecule has 0 aliphatic carbocycles. The number of hydrogen-bond donors (Lipinski definition) is 1.